The van der Waals surface area contributed by atoms with Crippen molar-refractivity contribution in [2.24, 2.45) is 0 Å². The van der Waals surface area contributed by atoms with E-state index in [0.29, 0.717) is 18.5 Å². The highest BCUT2D eigenvalue weighted by Gasteiger charge is 2.19. The predicted octanol–water partition coefficient (Wildman–Crippen LogP) is 1.02. The molecule has 0 atom stereocenters. The molecular formula is C20H23N7O6. The first-order chi connectivity index (χ1) is 15.9. The summed E-state index contributed by atoms with van der Waals surface area (Å²) in [5.74, 6) is -0.371. The van der Waals surface area contributed by atoms with Crippen LogP contribution >= 0.6 is 0 Å². The fourth-order valence-electron chi connectivity index (χ4n) is 2.88. The number of benzene rings is 1. The molecule has 0 saturated heterocycles. The van der Waals surface area contributed by atoms with Gasteiger partial charge in [0.1, 0.15) is 12.3 Å². The predicted molar refractivity (Wildman–Crippen MR) is 114 cm³/mol. The number of nitrogens with zero attached hydrogens (tertiary/aromatic N) is 5. The van der Waals surface area contributed by atoms with E-state index < -0.39 is 10.8 Å². The summed E-state index contributed by atoms with van der Waals surface area (Å²) in [5, 5.41) is 23.6. The topological polar surface area (TPSA) is 167 Å². The van der Waals surface area contributed by atoms with E-state index in [4.69, 9.17) is 9.26 Å². The van der Waals surface area contributed by atoms with Crippen molar-refractivity contribution in [3.63, 3.8) is 0 Å². The van der Waals surface area contributed by atoms with Gasteiger partial charge in [0.25, 0.3) is 0 Å². The minimum absolute atomic E-state index is 0.0146. The van der Waals surface area contributed by atoms with Crippen LogP contribution in [0.5, 0.6) is 5.75 Å². The number of methoxy groups -OCH3 is 1. The molecule has 3 aromatic rings. The molecule has 0 fully saturated rings. The molecule has 13 heteroatoms. The fraction of sp³-hybridized carbons (Fsp3) is 0.350. The Kier molecular flexibility index (Phi) is 7.68. The van der Waals surface area contributed by atoms with Crippen LogP contribution in [-0.2, 0) is 17.8 Å². The molecule has 0 radical (unpaired) electrons. The number of hydrogen-bond donors (Lipinski definition) is 2. The summed E-state index contributed by atoms with van der Waals surface area (Å²) in [6, 6.07) is 8.80. The Balaban J connectivity index is 1.38. The van der Waals surface area contributed by atoms with E-state index in [2.05, 4.69) is 25.9 Å². The van der Waals surface area contributed by atoms with E-state index in [9.17, 15) is 19.7 Å². The zero-order chi connectivity index (χ0) is 23.8. The molecule has 0 aliphatic heterocycles. The molecule has 0 aliphatic carbocycles. The fourth-order valence-corrected chi connectivity index (χ4v) is 2.88. The van der Waals surface area contributed by atoms with Crippen LogP contribution in [-0.4, -0.2) is 56.9 Å². The van der Waals surface area contributed by atoms with Gasteiger partial charge in [0.2, 0.25) is 5.91 Å². The Labute approximate surface area is 188 Å². The molecule has 0 aliphatic rings. The lowest BCUT2D eigenvalue weighted by Crippen LogP contribution is -2.34. The molecule has 2 aromatic heterocycles. The van der Waals surface area contributed by atoms with Crippen molar-refractivity contribution < 1.29 is 23.8 Å². The first-order valence-electron chi connectivity index (χ1n) is 10.0. The number of rotatable bonds is 11. The molecule has 2 heterocycles. The zero-order valence-corrected chi connectivity index (χ0v) is 18.1. The van der Waals surface area contributed by atoms with Gasteiger partial charge in [-0.25, -0.2) is 0 Å². The number of aromatic nitrogens is 4. The number of nitrogens with one attached hydrogen (secondary N) is 2. The molecule has 174 valence electrons. The highest BCUT2D eigenvalue weighted by molar-refractivity contribution is 5.89. The van der Waals surface area contributed by atoms with E-state index >= 15 is 0 Å². The van der Waals surface area contributed by atoms with Crippen molar-refractivity contribution in [1.82, 2.24) is 30.6 Å². The molecule has 0 bridgehead atoms. The Hall–Kier alpha value is -4.29. The van der Waals surface area contributed by atoms with E-state index in [1.165, 1.54) is 10.7 Å². The summed E-state index contributed by atoms with van der Waals surface area (Å²) in [7, 11) is 1.59. The van der Waals surface area contributed by atoms with E-state index in [-0.39, 0.29) is 43.1 Å². The second-order valence-electron chi connectivity index (χ2n) is 7.03. The number of nitro groups is 1. The van der Waals surface area contributed by atoms with Gasteiger partial charge in [-0.2, -0.15) is 9.67 Å². The maximum absolute atomic E-state index is 12.1. The molecular weight excluding hydrogens is 434 g/mol. The lowest BCUT2D eigenvalue weighted by Gasteiger charge is -2.06. The Bertz CT molecular complexity index is 1120. The summed E-state index contributed by atoms with van der Waals surface area (Å²) < 4.78 is 11.4. The minimum atomic E-state index is -0.601. The molecule has 33 heavy (non-hydrogen) atoms. The maximum Gasteiger partial charge on any atom is 0.390 e. The van der Waals surface area contributed by atoms with Crippen LogP contribution in [0.2, 0.25) is 0 Å². The maximum atomic E-state index is 12.1. The van der Waals surface area contributed by atoms with Crippen LogP contribution in [0.25, 0.3) is 0 Å². The second-order valence-corrected chi connectivity index (χ2v) is 7.03. The molecule has 2 amide bonds. The summed E-state index contributed by atoms with van der Waals surface area (Å²) in [5.41, 5.74) is 1.56. The Morgan fingerprint density at radius 3 is 2.61 bits per heavy atom. The third kappa shape index (κ3) is 6.59. The second kappa shape index (κ2) is 10.8. The molecule has 0 saturated carbocycles. The van der Waals surface area contributed by atoms with Crippen molar-refractivity contribution in [3.05, 3.63) is 63.4 Å². The van der Waals surface area contributed by atoms with Gasteiger partial charge in [-0.05, 0) is 36.0 Å². The van der Waals surface area contributed by atoms with Crippen LogP contribution in [0.4, 0.5) is 5.82 Å². The first-order valence-corrected chi connectivity index (χ1v) is 10.0. The van der Waals surface area contributed by atoms with Gasteiger partial charge in [0.15, 0.2) is 5.82 Å². The average Bonchev–Trinajstić information content (AvgIpc) is 3.43. The van der Waals surface area contributed by atoms with Crippen molar-refractivity contribution in [2.75, 3.05) is 20.2 Å². The third-order valence-electron chi connectivity index (χ3n) is 4.64. The van der Waals surface area contributed by atoms with Gasteiger partial charge in [-0.1, -0.05) is 17.3 Å². The number of ether oxygens (including phenoxy) is 1. The largest absolute Gasteiger partial charge is 0.497 e. The molecule has 0 unspecified atom stereocenters. The van der Waals surface area contributed by atoms with Crippen molar-refractivity contribution in [1.29, 1.82) is 0 Å². The standard InChI is InChI=1S/C20H23N7O6/c1-13-11-17(27(30)31)24-26(13)12-16-23-20(33-25-16)19(29)22-10-9-21-18(28)8-5-14-3-6-15(32-2)7-4-14/h3-4,6-7,11H,5,8-10,12H2,1-2H3,(H,21,28)(H,22,29). The number of amides is 2. The normalized spacial score (nSPS) is 10.6. The van der Waals surface area contributed by atoms with Crippen LogP contribution in [0.15, 0.2) is 34.9 Å². The number of carbonyl (C=O) groups excluding carboxylic acids is 2. The van der Waals surface area contributed by atoms with Gasteiger partial charge >= 0.3 is 17.6 Å². The highest BCUT2D eigenvalue weighted by atomic mass is 16.6. The summed E-state index contributed by atoms with van der Waals surface area (Å²) in [6.07, 6.45) is 0.907. The SMILES string of the molecule is COc1ccc(CCC(=O)NCCNC(=O)c2nc(Cn3nc([N+](=O)[O-])cc3C)no2)cc1. The number of aryl methyl sites for hydroxylation is 2. The third-order valence-corrected chi connectivity index (χ3v) is 4.64. The van der Waals surface area contributed by atoms with E-state index in [1.807, 2.05) is 24.3 Å². The van der Waals surface area contributed by atoms with Crippen LogP contribution < -0.4 is 15.4 Å². The molecule has 2 N–H and O–H groups in total. The molecule has 13 nitrogen and oxygen atoms in total. The lowest BCUT2D eigenvalue weighted by molar-refractivity contribution is -0.389. The van der Waals surface area contributed by atoms with Crippen molar-refractivity contribution >= 4 is 17.6 Å². The summed E-state index contributed by atoms with van der Waals surface area (Å²) in [4.78, 5) is 38.3. The molecule has 3 rings (SSSR count). The monoisotopic (exact) mass is 457 g/mol. The van der Waals surface area contributed by atoms with Gasteiger partial charge in [0.05, 0.1) is 24.0 Å². The van der Waals surface area contributed by atoms with Gasteiger partial charge in [-0.15, -0.1) is 0 Å². The lowest BCUT2D eigenvalue weighted by atomic mass is 10.1. The van der Waals surface area contributed by atoms with Gasteiger partial charge in [-0.3, -0.25) is 9.59 Å². The number of hydrogen-bond acceptors (Lipinski definition) is 9. The van der Waals surface area contributed by atoms with Crippen LogP contribution in [0.1, 0.15) is 34.2 Å². The Morgan fingerprint density at radius 1 is 1.21 bits per heavy atom. The molecule has 1 aromatic carbocycles. The Morgan fingerprint density at radius 2 is 1.94 bits per heavy atom. The smallest absolute Gasteiger partial charge is 0.390 e. The average molecular weight is 457 g/mol. The minimum Gasteiger partial charge on any atom is -0.497 e. The first kappa shape index (κ1) is 23.4. The van der Waals surface area contributed by atoms with Crippen LogP contribution in [0.3, 0.4) is 0 Å². The highest BCUT2D eigenvalue weighted by Crippen LogP contribution is 2.13. The van der Waals surface area contributed by atoms with Crippen molar-refractivity contribution in [2.45, 2.75) is 26.3 Å². The zero-order valence-electron chi connectivity index (χ0n) is 18.1. The van der Waals surface area contributed by atoms with E-state index in [1.54, 1.807) is 14.0 Å². The van der Waals surface area contributed by atoms with Crippen LogP contribution in [0, 0.1) is 17.0 Å². The summed E-state index contributed by atoms with van der Waals surface area (Å²) >= 11 is 0. The molecule has 0 spiro atoms. The van der Waals surface area contributed by atoms with Gasteiger partial charge < -0.3 is 30.0 Å². The number of carbonyl (C=O) groups is 2. The summed E-state index contributed by atoms with van der Waals surface area (Å²) in [6.45, 7) is 2.08. The van der Waals surface area contributed by atoms with E-state index in [0.717, 1.165) is 11.3 Å². The van der Waals surface area contributed by atoms with Gasteiger partial charge in [0, 0.05) is 19.5 Å². The quantitative estimate of drug-likeness (QED) is 0.243. The van der Waals surface area contributed by atoms with Crippen molar-refractivity contribution in [3.8, 4) is 5.75 Å².